The van der Waals surface area contributed by atoms with Crippen molar-refractivity contribution in [3.05, 3.63) is 58.6 Å². The van der Waals surface area contributed by atoms with E-state index in [-0.39, 0.29) is 30.8 Å². The normalized spacial score (nSPS) is 11.0. The van der Waals surface area contributed by atoms with Gasteiger partial charge in [-0.05, 0) is 48.9 Å². The summed E-state index contributed by atoms with van der Waals surface area (Å²) in [6.45, 7) is 5.84. The molecule has 6 heteroatoms. The van der Waals surface area contributed by atoms with Crippen LogP contribution in [-0.2, 0) is 20.7 Å². The number of nitrogens with zero attached hydrogens (tertiary/aromatic N) is 1. The number of carbonyl (C=O) groups excluding carboxylic acids is 2. The van der Waals surface area contributed by atoms with Crippen LogP contribution in [-0.4, -0.2) is 23.5 Å². The first-order valence-electron chi connectivity index (χ1n) is 9.83. The molecule has 0 bridgehead atoms. The van der Waals surface area contributed by atoms with E-state index in [2.05, 4.69) is 24.1 Å². The van der Waals surface area contributed by atoms with Crippen LogP contribution in [0.15, 0.2) is 42.5 Å². The smallest absolute Gasteiger partial charge is 0.306 e. The van der Waals surface area contributed by atoms with Crippen LogP contribution in [0.5, 0.6) is 0 Å². The lowest BCUT2D eigenvalue weighted by atomic mass is 9.98. The molecule has 0 aliphatic heterocycles. The van der Waals surface area contributed by atoms with Crippen molar-refractivity contribution in [2.75, 3.05) is 11.9 Å². The number of rotatable bonds is 8. The SMILES string of the molecule is Cc1cccc(C(C)C)c1NC(=O)COC(=O)CCCc1nc2ccccc2s1. The minimum absolute atomic E-state index is 0.269. The Balaban J connectivity index is 1.44. The van der Waals surface area contributed by atoms with E-state index in [0.717, 1.165) is 38.5 Å². The van der Waals surface area contributed by atoms with Crippen molar-refractivity contribution in [2.45, 2.75) is 46.0 Å². The van der Waals surface area contributed by atoms with Gasteiger partial charge in [0, 0.05) is 12.1 Å². The number of amides is 1. The molecule has 0 unspecified atom stereocenters. The molecule has 3 aromatic rings. The Morgan fingerprint density at radius 2 is 1.93 bits per heavy atom. The van der Waals surface area contributed by atoms with E-state index in [9.17, 15) is 9.59 Å². The number of ether oxygens (including phenoxy) is 1. The highest BCUT2D eigenvalue weighted by molar-refractivity contribution is 7.18. The molecule has 0 saturated carbocycles. The number of esters is 1. The summed E-state index contributed by atoms with van der Waals surface area (Å²) in [6, 6.07) is 13.9. The summed E-state index contributed by atoms with van der Waals surface area (Å²) in [5, 5.41) is 3.90. The molecule has 1 amide bonds. The number of thiazole rings is 1. The topological polar surface area (TPSA) is 68.3 Å². The Bertz CT molecular complexity index is 977. The minimum Gasteiger partial charge on any atom is -0.456 e. The summed E-state index contributed by atoms with van der Waals surface area (Å²) in [5.41, 5.74) is 3.86. The summed E-state index contributed by atoms with van der Waals surface area (Å²) >= 11 is 1.65. The number of nitrogens with one attached hydrogen (secondary N) is 1. The van der Waals surface area contributed by atoms with Crippen molar-refractivity contribution in [3.63, 3.8) is 0 Å². The predicted octanol–water partition coefficient (Wildman–Crippen LogP) is 5.23. The summed E-state index contributed by atoms with van der Waals surface area (Å²) in [6.07, 6.45) is 1.64. The molecule has 1 heterocycles. The van der Waals surface area contributed by atoms with Crippen LogP contribution in [0, 0.1) is 6.92 Å². The zero-order chi connectivity index (χ0) is 20.8. The lowest BCUT2D eigenvalue weighted by Crippen LogP contribution is -2.22. The van der Waals surface area contributed by atoms with Crippen LogP contribution in [0.2, 0.25) is 0 Å². The lowest BCUT2D eigenvalue weighted by molar-refractivity contribution is -0.147. The molecule has 0 atom stereocenters. The third-order valence-electron chi connectivity index (χ3n) is 4.67. The number of anilines is 1. The lowest BCUT2D eigenvalue weighted by Gasteiger charge is -2.16. The number of aryl methyl sites for hydroxylation is 2. The van der Waals surface area contributed by atoms with E-state index >= 15 is 0 Å². The molecule has 0 aliphatic rings. The molecular formula is C23H26N2O3S. The first-order valence-corrected chi connectivity index (χ1v) is 10.6. The molecule has 0 fully saturated rings. The fourth-order valence-electron chi connectivity index (χ4n) is 3.15. The maximum atomic E-state index is 12.2. The van der Waals surface area contributed by atoms with Gasteiger partial charge in [0.1, 0.15) is 0 Å². The zero-order valence-corrected chi connectivity index (χ0v) is 17.8. The van der Waals surface area contributed by atoms with Crippen molar-refractivity contribution in [2.24, 2.45) is 0 Å². The number of hydrogen-bond acceptors (Lipinski definition) is 5. The van der Waals surface area contributed by atoms with Crippen LogP contribution in [0.3, 0.4) is 0 Å². The van der Waals surface area contributed by atoms with E-state index in [1.165, 1.54) is 0 Å². The quantitative estimate of drug-likeness (QED) is 0.516. The molecule has 152 valence electrons. The van der Waals surface area contributed by atoms with Gasteiger partial charge in [0.25, 0.3) is 5.91 Å². The van der Waals surface area contributed by atoms with E-state index in [0.29, 0.717) is 6.42 Å². The highest BCUT2D eigenvalue weighted by atomic mass is 32.1. The Hall–Kier alpha value is -2.73. The Morgan fingerprint density at radius 3 is 2.69 bits per heavy atom. The zero-order valence-electron chi connectivity index (χ0n) is 17.0. The van der Waals surface area contributed by atoms with Gasteiger partial charge in [0.15, 0.2) is 6.61 Å². The van der Waals surface area contributed by atoms with Gasteiger partial charge in [-0.1, -0.05) is 44.2 Å². The molecule has 2 aromatic carbocycles. The standard InChI is InChI=1S/C23H26N2O3S/c1-15(2)17-9-6-8-16(3)23(17)25-20(26)14-28-22(27)13-7-12-21-24-18-10-4-5-11-19(18)29-21/h4-6,8-11,15H,7,12-14H2,1-3H3,(H,25,26). The third-order valence-corrected chi connectivity index (χ3v) is 5.76. The fourth-order valence-corrected chi connectivity index (χ4v) is 4.16. The second-order valence-electron chi connectivity index (χ2n) is 7.33. The summed E-state index contributed by atoms with van der Waals surface area (Å²) < 4.78 is 6.30. The van der Waals surface area contributed by atoms with Gasteiger partial charge in [-0.15, -0.1) is 11.3 Å². The van der Waals surface area contributed by atoms with Crippen molar-refractivity contribution in [1.29, 1.82) is 0 Å². The Morgan fingerprint density at radius 1 is 1.14 bits per heavy atom. The van der Waals surface area contributed by atoms with Gasteiger partial charge in [0.2, 0.25) is 0 Å². The highest BCUT2D eigenvalue weighted by Gasteiger charge is 2.14. The maximum absolute atomic E-state index is 12.2. The maximum Gasteiger partial charge on any atom is 0.306 e. The van der Waals surface area contributed by atoms with E-state index in [1.54, 1.807) is 11.3 Å². The molecule has 0 radical (unpaired) electrons. The van der Waals surface area contributed by atoms with Crippen LogP contribution in [0.1, 0.15) is 48.7 Å². The molecule has 1 aromatic heterocycles. The van der Waals surface area contributed by atoms with Crippen LogP contribution < -0.4 is 5.32 Å². The second-order valence-corrected chi connectivity index (χ2v) is 8.45. The summed E-state index contributed by atoms with van der Waals surface area (Å²) in [7, 11) is 0. The molecule has 0 saturated heterocycles. The minimum atomic E-state index is -0.366. The van der Waals surface area contributed by atoms with Crippen LogP contribution in [0.25, 0.3) is 10.2 Å². The molecule has 5 nitrogen and oxygen atoms in total. The van der Waals surface area contributed by atoms with Gasteiger partial charge in [0.05, 0.1) is 15.2 Å². The summed E-state index contributed by atoms with van der Waals surface area (Å²) in [5.74, 6) is -0.397. The molecule has 3 rings (SSSR count). The van der Waals surface area contributed by atoms with Crippen molar-refractivity contribution >= 4 is 39.1 Å². The van der Waals surface area contributed by atoms with Crippen LogP contribution >= 0.6 is 11.3 Å². The number of benzene rings is 2. The summed E-state index contributed by atoms with van der Waals surface area (Å²) in [4.78, 5) is 28.8. The van der Waals surface area contributed by atoms with Gasteiger partial charge >= 0.3 is 5.97 Å². The number of aromatic nitrogens is 1. The Kier molecular flexibility index (Phi) is 6.99. The molecule has 0 spiro atoms. The molecular weight excluding hydrogens is 384 g/mol. The molecule has 29 heavy (non-hydrogen) atoms. The van der Waals surface area contributed by atoms with Gasteiger partial charge in [-0.2, -0.15) is 0 Å². The van der Waals surface area contributed by atoms with Crippen molar-refractivity contribution in [3.8, 4) is 0 Å². The van der Waals surface area contributed by atoms with Gasteiger partial charge in [-0.25, -0.2) is 4.98 Å². The first-order chi connectivity index (χ1) is 13.9. The highest BCUT2D eigenvalue weighted by Crippen LogP contribution is 2.27. The average Bonchev–Trinajstić information content (AvgIpc) is 3.10. The Labute approximate surface area is 175 Å². The van der Waals surface area contributed by atoms with Gasteiger partial charge < -0.3 is 10.1 Å². The third kappa shape index (κ3) is 5.64. The predicted molar refractivity (Wildman–Crippen MR) is 117 cm³/mol. The van der Waals surface area contributed by atoms with E-state index in [1.807, 2.05) is 49.4 Å². The molecule has 0 aliphatic carbocycles. The average molecular weight is 411 g/mol. The van der Waals surface area contributed by atoms with Gasteiger partial charge in [-0.3, -0.25) is 9.59 Å². The number of carbonyl (C=O) groups is 2. The van der Waals surface area contributed by atoms with Crippen molar-refractivity contribution < 1.29 is 14.3 Å². The number of fused-ring (bicyclic) bond motifs is 1. The fraction of sp³-hybridized carbons (Fsp3) is 0.348. The first kappa shape index (κ1) is 21.0. The monoisotopic (exact) mass is 410 g/mol. The number of hydrogen-bond donors (Lipinski definition) is 1. The largest absolute Gasteiger partial charge is 0.456 e. The molecule has 1 N–H and O–H groups in total. The van der Waals surface area contributed by atoms with Crippen LogP contribution in [0.4, 0.5) is 5.69 Å². The number of para-hydroxylation sites is 2. The van der Waals surface area contributed by atoms with E-state index < -0.39 is 0 Å². The van der Waals surface area contributed by atoms with Crippen molar-refractivity contribution in [1.82, 2.24) is 4.98 Å². The second kappa shape index (κ2) is 9.65. The van der Waals surface area contributed by atoms with E-state index in [4.69, 9.17) is 4.74 Å².